The van der Waals surface area contributed by atoms with Crippen molar-refractivity contribution in [1.29, 1.82) is 0 Å². The SMILES string of the molecule is CCCCC(=O)Nc1ccc(NC23CC4CC(CC(C4)C2)C3)nc1. The van der Waals surface area contributed by atoms with Gasteiger partial charge in [-0.1, -0.05) is 13.3 Å². The molecule has 5 rings (SSSR count). The van der Waals surface area contributed by atoms with E-state index in [0.717, 1.165) is 42.1 Å². The quantitative estimate of drug-likeness (QED) is 0.803. The fourth-order valence-corrected chi connectivity index (χ4v) is 5.64. The van der Waals surface area contributed by atoms with Crippen molar-refractivity contribution >= 4 is 17.4 Å². The highest BCUT2D eigenvalue weighted by atomic mass is 16.1. The summed E-state index contributed by atoms with van der Waals surface area (Å²) < 4.78 is 0. The van der Waals surface area contributed by atoms with Crippen LogP contribution in [-0.2, 0) is 4.79 Å². The van der Waals surface area contributed by atoms with Gasteiger partial charge >= 0.3 is 0 Å². The zero-order valence-electron chi connectivity index (χ0n) is 14.7. The molecule has 4 fully saturated rings. The number of nitrogens with zero attached hydrogens (tertiary/aromatic N) is 1. The zero-order chi connectivity index (χ0) is 16.6. The van der Waals surface area contributed by atoms with E-state index in [1.165, 1.54) is 38.5 Å². The average molecular weight is 327 g/mol. The van der Waals surface area contributed by atoms with Crippen molar-refractivity contribution in [1.82, 2.24) is 4.98 Å². The Morgan fingerprint density at radius 1 is 1.17 bits per heavy atom. The van der Waals surface area contributed by atoms with Crippen LogP contribution in [0.2, 0.25) is 0 Å². The Hall–Kier alpha value is -1.58. The van der Waals surface area contributed by atoms with Crippen LogP contribution in [0.15, 0.2) is 18.3 Å². The van der Waals surface area contributed by atoms with E-state index >= 15 is 0 Å². The summed E-state index contributed by atoms with van der Waals surface area (Å²) in [6, 6.07) is 3.99. The van der Waals surface area contributed by atoms with Crippen molar-refractivity contribution in [2.75, 3.05) is 10.6 Å². The molecule has 0 aliphatic heterocycles. The Bertz CT molecular complexity index is 560. The van der Waals surface area contributed by atoms with E-state index in [1.54, 1.807) is 6.20 Å². The third-order valence-corrected chi connectivity index (χ3v) is 6.24. The van der Waals surface area contributed by atoms with E-state index in [2.05, 4.69) is 22.5 Å². The number of carbonyl (C=O) groups is 1. The molecule has 1 aromatic rings. The Kier molecular flexibility index (Phi) is 4.23. The minimum atomic E-state index is 0.0837. The van der Waals surface area contributed by atoms with Gasteiger partial charge in [-0.3, -0.25) is 4.79 Å². The molecule has 4 nitrogen and oxygen atoms in total. The third kappa shape index (κ3) is 3.28. The first-order valence-corrected chi connectivity index (χ1v) is 9.68. The molecular formula is C20H29N3O. The van der Waals surface area contributed by atoms with Crippen molar-refractivity contribution in [3.8, 4) is 0 Å². The van der Waals surface area contributed by atoms with Crippen LogP contribution in [0.3, 0.4) is 0 Å². The van der Waals surface area contributed by atoms with E-state index in [-0.39, 0.29) is 11.4 Å². The Balaban J connectivity index is 1.38. The molecule has 0 saturated heterocycles. The van der Waals surface area contributed by atoms with E-state index in [1.807, 2.05) is 12.1 Å². The molecule has 0 aromatic carbocycles. The van der Waals surface area contributed by atoms with Crippen LogP contribution in [0, 0.1) is 17.8 Å². The second-order valence-electron chi connectivity index (χ2n) is 8.41. The van der Waals surface area contributed by atoms with E-state index in [9.17, 15) is 4.79 Å². The van der Waals surface area contributed by atoms with Crippen molar-refractivity contribution in [3.05, 3.63) is 18.3 Å². The number of rotatable bonds is 6. The average Bonchev–Trinajstić information content (AvgIpc) is 2.53. The number of hydrogen-bond donors (Lipinski definition) is 2. The van der Waals surface area contributed by atoms with Crippen molar-refractivity contribution < 1.29 is 4.79 Å². The lowest BCUT2D eigenvalue weighted by Gasteiger charge is -2.57. The summed E-state index contributed by atoms with van der Waals surface area (Å²) in [5.41, 5.74) is 1.08. The summed E-state index contributed by atoms with van der Waals surface area (Å²) in [7, 11) is 0. The van der Waals surface area contributed by atoms with E-state index in [0.29, 0.717) is 6.42 Å². The molecule has 1 aromatic heterocycles. The molecule has 4 aliphatic rings. The van der Waals surface area contributed by atoms with Crippen LogP contribution in [0.5, 0.6) is 0 Å². The van der Waals surface area contributed by atoms with Crippen LogP contribution in [0.25, 0.3) is 0 Å². The van der Waals surface area contributed by atoms with Crippen LogP contribution >= 0.6 is 0 Å². The normalized spacial score (nSPS) is 33.5. The largest absolute Gasteiger partial charge is 0.365 e. The Morgan fingerprint density at radius 2 is 1.83 bits per heavy atom. The fraction of sp³-hybridized carbons (Fsp3) is 0.700. The number of pyridine rings is 1. The number of amides is 1. The summed E-state index contributed by atoms with van der Waals surface area (Å²) in [4.78, 5) is 16.4. The van der Waals surface area contributed by atoms with Crippen LogP contribution in [0.1, 0.15) is 64.7 Å². The minimum Gasteiger partial charge on any atom is -0.365 e. The van der Waals surface area contributed by atoms with E-state index in [4.69, 9.17) is 0 Å². The van der Waals surface area contributed by atoms with Gasteiger partial charge in [0.25, 0.3) is 0 Å². The molecule has 4 saturated carbocycles. The molecule has 1 heterocycles. The monoisotopic (exact) mass is 327 g/mol. The van der Waals surface area contributed by atoms with Crippen molar-refractivity contribution in [2.24, 2.45) is 17.8 Å². The number of unbranched alkanes of at least 4 members (excludes halogenated alkanes) is 1. The van der Waals surface area contributed by atoms with Gasteiger partial charge in [0.1, 0.15) is 5.82 Å². The smallest absolute Gasteiger partial charge is 0.224 e. The first-order chi connectivity index (χ1) is 11.6. The number of nitrogens with one attached hydrogen (secondary N) is 2. The van der Waals surface area contributed by atoms with Crippen LogP contribution in [0.4, 0.5) is 11.5 Å². The zero-order valence-corrected chi connectivity index (χ0v) is 14.7. The van der Waals surface area contributed by atoms with Crippen LogP contribution < -0.4 is 10.6 Å². The molecule has 1 amide bonds. The molecule has 0 unspecified atom stereocenters. The minimum absolute atomic E-state index is 0.0837. The topological polar surface area (TPSA) is 54.0 Å². The summed E-state index contributed by atoms with van der Waals surface area (Å²) in [5.74, 6) is 3.84. The summed E-state index contributed by atoms with van der Waals surface area (Å²) >= 11 is 0. The second kappa shape index (κ2) is 6.38. The summed E-state index contributed by atoms with van der Waals surface area (Å²) in [6.07, 6.45) is 12.7. The predicted molar refractivity (Wildman–Crippen MR) is 96.9 cm³/mol. The van der Waals surface area contributed by atoms with Crippen LogP contribution in [-0.4, -0.2) is 16.4 Å². The molecule has 4 heteroatoms. The van der Waals surface area contributed by atoms with Gasteiger partial charge < -0.3 is 10.6 Å². The van der Waals surface area contributed by atoms with E-state index < -0.39 is 0 Å². The molecule has 0 atom stereocenters. The Labute approximate surface area is 144 Å². The number of anilines is 2. The maximum atomic E-state index is 11.8. The van der Waals surface area contributed by atoms with Gasteiger partial charge in [-0.2, -0.15) is 0 Å². The molecule has 4 aliphatic carbocycles. The number of carbonyl (C=O) groups excluding carboxylic acids is 1. The lowest BCUT2D eigenvalue weighted by molar-refractivity contribution is -0.116. The Morgan fingerprint density at radius 3 is 2.38 bits per heavy atom. The predicted octanol–water partition coefficient (Wildman–Crippen LogP) is 4.59. The first kappa shape index (κ1) is 15.9. The van der Waals surface area contributed by atoms with Gasteiger partial charge in [0, 0.05) is 12.0 Å². The molecule has 130 valence electrons. The van der Waals surface area contributed by atoms with Gasteiger partial charge in [0.05, 0.1) is 11.9 Å². The highest BCUT2D eigenvalue weighted by molar-refractivity contribution is 5.90. The van der Waals surface area contributed by atoms with Crippen molar-refractivity contribution in [3.63, 3.8) is 0 Å². The van der Waals surface area contributed by atoms with Gasteiger partial charge in [-0.15, -0.1) is 0 Å². The summed E-state index contributed by atoms with van der Waals surface area (Å²) in [6.45, 7) is 2.10. The molecule has 2 N–H and O–H groups in total. The number of hydrogen-bond acceptors (Lipinski definition) is 3. The van der Waals surface area contributed by atoms with Gasteiger partial charge in [0.2, 0.25) is 5.91 Å². The lowest BCUT2D eigenvalue weighted by atomic mass is 9.53. The highest BCUT2D eigenvalue weighted by Gasteiger charge is 2.50. The molecule has 0 spiro atoms. The lowest BCUT2D eigenvalue weighted by Crippen LogP contribution is -2.54. The molecule has 4 bridgehead atoms. The summed E-state index contributed by atoms with van der Waals surface area (Å²) in [5, 5.41) is 6.71. The maximum Gasteiger partial charge on any atom is 0.224 e. The standard InChI is InChI=1S/C20H29N3O/c1-2-3-4-19(24)22-17-5-6-18(21-13-17)23-20-10-14-7-15(11-20)9-16(8-14)12-20/h5-6,13-16H,2-4,7-12H2,1H3,(H,21,23)(H,22,24). The first-order valence-electron chi connectivity index (χ1n) is 9.68. The fourth-order valence-electron chi connectivity index (χ4n) is 5.64. The highest BCUT2D eigenvalue weighted by Crippen LogP contribution is 2.56. The second-order valence-corrected chi connectivity index (χ2v) is 8.41. The van der Waals surface area contributed by atoms with Crippen molar-refractivity contribution in [2.45, 2.75) is 70.3 Å². The van der Waals surface area contributed by atoms with Gasteiger partial charge in [0.15, 0.2) is 0 Å². The number of aromatic nitrogens is 1. The van der Waals surface area contributed by atoms with Gasteiger partial charge in [-0.05, 0) is 74.8 Å². The third-order valence-electron chi connectivity index (χ3n) is 6.24. The van der Waals surface area contributed by atoms with Gasteiger partial charge in [-0.25, -0.2) is 4.98 Å². The molecule has 0 radical (unpaired) electrons. The molecule has 24 heavy (non-hydrogen) atoms. The maximum absolute atomic E-state index is 11.8. The molecular weight excluding hydrogens is 298 g/mol.